The van der Waals surface area contributed by atoms with Crippen molar-refractivity contribution in [2.24, 2.45) is 35.0 Å². The molecule has 0 aromatic heterocycles. The van der Waals surface area contributed by atoms with E-state index < -0.39 is 0 Å². The van der Waals surface area contributed by atoms with E-state index in [4.69, 9.17) is 0 Å². The molecule has 0 spiro atoms. The molecule has 0 aliphatic heterocycles. The molecular weight excluding hydrogens is 222 g/mol. The van der Waals surface area contributed by atoms with E-state index in [1.54, 1.807) is 0 Å². The van der Waals surface area contributed by atoms with Gasteiger partial charge in [0.05, 0.1) is 0 Å². The van der Waals surface area contributed by atoms with Crippen LogP contribution in [-0.4, -0.2) is 11.9 Å². The molecule has 6 atom stereocenters. The van der Waals surface area contributed by atoms with Crippen molar-refractivity contribution < 1.29 is 4.79 Å². The first-order chi connectivity index (χ1) is 8.40. The molecule has 1 amide bonds. The van der Waals surface area contributed by atoms with Gasteiger partial charge in [-0.1, -0.05) is 20.8 Å². The van der Waals surface area contributed by atoms with Gasteiger partial charge in [-0.05, 0) is 67.6 Å². The Kier molecular flexibility index (Phi) is 2.60. The molecule has 0 heterocycles. The smallest absolute Gasteiger partial charge is 0.207 e. The van der Waals surface area contributed by atoms with Gasteiger partial charge in [0.2, 0.25) is 6.41 Å². The second kappa shape index (κ2) is 3.74. The molecule has 3 fully saturated rings. The second-order valence-corrected chi connectivity index (χ2v) is 8.00. The van der Waals surface area contributed by atoms with Gasteiger partial charge in [0.1, 0.15) is 0 Å². The first-order valence-electron chi connectivity index (χ1n) is 7.62. The maximum absolute atomic E-state index is 11.0. The standard InChI is InChI=1S/C16H27NO/c1-10(2)13-6-14-15(3)7-11(13)5-12(8-15)16(14,4)17-9-18/h9-14H,5-8H2,1-4H3,(H,17,18)/t11?,12-,13+,14+,15-,16?/m1/s1. The van der Waals surface area contributed by atoms with Gasteiger partial charge in [-0.25, -0.2) is 0 Å². The van der Waals surface area contributed by atoms with Crippen molar-refractivity contribution in [1.29, 1.82) is 0 Å². The van der Waals surface area contributed by atoms with Gasteiger partial charge in [0.15, 0.2) is 0 Å². The summed E-state index contributed by atoms with van der Waals surface area (Å²) in [4.78, 5) is 11.0. The van der Waals surface area contributed by atoms with Gasteiger partial charge in [-0.15, -0.1) is 0 Å². The third-order valence-electron chi connectivity index (χ3n) is 6.78. The lowest BCUT2D eigenvalue weighted by Crippen LogP contribution is -2.51. The monoisotopic (exact) mass is 249 g/mol. The van der Waals surface area contributed by atoms with E-state index in [1.165, 1.54) is 25.7 Å². The number of carbonyl (C=O) groups excluding carboxylic acids is 1. The maximum Gasteiger partial charge on any atom is 0.207 e. The van der Waals surface area contributed by atoms with E-state index in [1.807, 2.05) is 0 Å². The molecule has 0 saturated heterocycles. The lowest BCUT2D eigenvalue weighted by molar-refractivity contribution is -0.112. The van der Waals surface area contributed by atoms with Crippen LogP contribution in [0, 0.1) is 35.0 Å². The summed E-state index contributed by atoms with van der Waals surface area (Å²) in [6.45, 7) is 9.55. The Labute approximate surface area is 111 Å². The van der Waals surface area contributed by atoms with Crippen molar-refractivity contribution >= 4 is 6.41 Å². The molecule has 18 heavy (non-hydrogen) atoms. The maximum atomic E-state index is 11.0. The first-order valence-corrected chi connectivity index (χ1v) is 7.62. The summed E-state index contributed by atoms with van der Waals surface area (Å²) in [5.41, 5.74) is 0.554. The third-order valence-corrected chi connectivity index (χ3v) is 6.78. The summed E-state index contributed by atoms with van der Waals surface area (Å²) >= 11 is 0. The third kappa shape index (κ3) is 1.44. The summed E-state index contributed by atoms with van der Waals surface area (Å²) in [7, 11) is 0. The van der Waals surface area contributed by atoms with E-state index in [0.29, 0.717) is 17.3 Å². The Morgan fingerprint density at radius 1 is 1.22 bits per heavy atom. The van der Waals surface area contributed by atoms with Crippen molar-refractivity contribution in [1.82, 2.24) is 5.32 Å². The molecule has 0 aromatic carbocycles. The average Bonchev–Trinajstić information content (AvgIpc) is 2.36. The Hall–Kier alpha value is -0.530. The highest BCUT2D eigenvalue weighted by Gasteiger charge is 2.64. The minimum atomic E-state index is 0.0644. The highest BCUT2D eigenvalue weighted by Crippen LogP contribution is 2.68. The van der Waals surface area contributed by atoms with Crippen molar-refractivity contribution in [3.8, 4) is 0 Å². The van der Waals surface area contributed by atoms with Gasteiger partial charge in [0.25, 0.3) is 0 Å². The zero-order valence-electron chi connectivity index (χ0n) is 12.2. The largest absolute Gasteiger partial charge is 0.353 e. The van der Waals surface area contributed by atoms with E-state index in [9.17, 15) is 4.79 Å². The summed E-state index contributed by atoms with van der Waals surface area (Å²) in [6.07, 6.45) is 6.34. The van der Waals surface area contributed by atoms with Gasteiger partial charge < -0.3 is 5.32 Å². The number of amides is 1. The minimum absolute atomic E-state index is 0.0644. The number of rotatable bonds is 3. The topological polar surface area (TPSA) is 29.1 Å². The van der Waals surface area contributed by atoms with Crippen molar-refractivity contribution in [2.75, 3.05) is 0 Å². The number of hydrogen-bond acceptors (Lipinski definition) is 1. The molecule has 3 saturated carbocycles. The minimum Gasteiger partial charge on any atom is -0.353 e. The van der Waals surface area contributed by atoms with Crippen LogP contribution in [-0.2, 0) is 4.79 Å². The lowest BCUT2D eigenvalue weighted by atomic mass is 9.56. The second-order valence-electron chi connectivity index (χ2n) is 8.00. The van der Waals surface area contributed by atoms with Crippen LogP contribution in [0.3, 0.4) is 0 Å². The Bertz CT molecular complexity index is 366. The predicted molar refractivity (Wildman–Crippen MR) is 73.0 cm³/mol. The molecule has 102 valence electrons. The molecule has 2 heteroatoms. The first kappa shape index (κ1) is 12.5. The molecule has 2 nitrogen and oxygen atoms in total. The van der Waals surface area contributed by atoms with Gasteiger partial charge in [0, 0.05) is 5.54 Å². The fourth-order valence-corrected chi connectivity index (χ4v) is 6.01. The molecule has 3 aliphatic carbocycles. The van der Waals surface area contributed by atoms with E-state index in [2.05, 4.69) is 33.0 Å². The zero-order valence-corrected chi connectivity index (χ0v) is 12.2. The number of fused-ring (bicyclic) bond motifs is 2. The molecule has 1 N–H and O–H groups in total. The number of carbonyl (C=O) groups is 1. The van der Waals surface area contributed by atoms with Crippen LogP contribution in [0.1, 0.15) is 53.4 Å². The van der Waals surface area contributed by atoms with Crippen molar-refractivity contribution in [2.45, 2.75) is 58.9 Å². The predicted octanol–water partition coefficient (Wildman–Crippen LogP) is 3.22. The summed E-state index contributed by atoms with van der Waals surface area (Å²) in [5.74, 6) is 3.97. The molecular formula is C16H27NO. The van der Waals surface area contributed by atoms with Crippen LogP contribution in [0.25, 0.3) is 0 Å². The van der Waals surface area contributed by atoms with E-state index in [0.717, 1.165) is 24.2 Å². The van der Waals surface area contributed by atoms with Gasteiger partial charge >= 0.3 is 0 Å². The fraction of sp³-hybridized carbons (Fsp3) is 0.938. The normalized spacial score (nSPS) is 53.8. The average molecular weight is 249 g/mol. The molecule has 3 aliphatic rings. The fourth-order valence-electron chi connectivity index (χ4n) is 6.01. The van der Waals surface area contributed by atoms with Gasteiger partial charge in [-0.3, -0.25) is 4.79 Å². The van der Waals surface area contributed by atoms with E-state index >= 15 is 0 Å². The Morgan fingerprint density at radius 3 is 2.56 bits per heavy atom. The summed E-state index contributed by atoms with van der Waals surface area (Å²) in [5, 5.41) is 3.22. The SMILES string of the molecule is CC(C)[C@@H]1C[C@@H]2C(C)(NC=O)[C@@H]3CC1C[C@]2(C)C3. The van der Waals surface area contributed by atoms with Crippen LogP contribution >= 0.6 is 0 Å². The lowest BCUT2D eigenvalue weighted by Gasteiger charge is -2.49. The molecule has 2 unspecified atom stereocenters. The Morgan fingerprint density at radius 2 is 1.94 bits per heavy atom. The molecule has 0 aromatic rings. The highest BCUT2D eigenvalue weighted by molar-refractivity contribution is 5.49. The molecule has 0 radical (unpaired) electrons. The van der Waals surface area contributed by atoms with Crippen LogP contribution in [0.15, 0.2) is 0 Å². The van der Waals surface area contributed by atoms with Crippen LogP contribution in [0.5, 0.6) is 0 Å². The van der Waals surface area contributed by atoms with Gasteiger partial charge in [-0.2, -0.15) is 0 Å². The van der Waals surface area contributed by atoms with Crippen LogP contribution in [0.2, 0.25) is 0 Å². The van der Waals surface area contributed by atoms with Crippen LogP contribution in [0.4, 0.5) is 0 Å². The van der Waals surface area contributed by atoms with Crippen LogP contribution < -0.4 is 5.32 Å². The zero-order chi connectivity index (χ0) is 13.1. The molecule has 3 bridgehead atoms. The number of hydrogen-bond donors (Lipinski definition) is 1. The van der Waals surface area contributed by atoms with Crippen molar-refractivity contribution in [3.63, 3.8) is 0 Å². The summed E-state index contributed by atoms with van der Waals surface area (Å²) < 4.78 is 0. The number of nitrogens with one attached hydrogen (secondary N) is 1. The molecule has 3 rings (SSSR count). The highest BCUT2D eigenvalue weighted by atomic mass is 16.1. The van der Waals surface area contributed by atoms with Crippen molar-refractivity contribution in [3.05, 3.63) is 0 Å². The quantitative estimate of drug-likeness (QED) is 0.765. The Balaban J connectivity index is 1.98. The summed E-state index contributed by atoms with van der Waals surface area (Å²) in [6, 6.07) is 0. The van der Waals surface area contributed by atoms with E-state index in [-0.39, 0.29) is 5.54 Å².